The van der Waals surface area contributed by atoms with Gasteiger partial charge >= 0.3 is 17.8 Å². The van der Waals surface area contributed by atoms with E-state index in [1.54, 1.807) is 24.3 Å². The van der Waals surface area contributed by atoms with E-state index in [0.717, 1.165) is 4.90 Å². The molecule has 8 heteroatoms. The van der Waals surface area contributed by atoms with E-state index in [4.69, 9.17) is 4.74 Å². The summed E-state index contributed by atoms with van der Waals surface area (Å²) in [6.07, 6.45) is 1.34. The molecule has 0 N–H and O–H groups in total. The Balaban J connectivity index is 1.79. The third-order valence-electron chi connectivity index (χ3n) is 3.77. The average molecular weight is 329 g/mol. The van der Waals surface area contributed by atoms with E-state index < -0.39 is 30.3 Å². The van der Waals surface area contributed by atoms with E-state index in [0.29, 0.717) is 29.5 Å². The molecule has 1 saturated heterocycles. The summed E-state index contributed by atoms with van der Waals surface area (Å²) in [6, 6.07) is 6.19. The minimum Gasteiger partial charge on any atom is -0.490 e. The molecule has 0 atom stereocenters. The van der Waals surface area contributed by atoms with Crippen LogP contribution in [0.3, 0.4) is 0 Å². The second-order valence-electron chi connectivity index (χ2n) is 5.24. The van der Waals surface area contributed by atoms with Crippen LogP contribution in [0.5, 0.6) is 5.75 Å². The molecule has 0 spiro atoms. The molecule has 0 aromatic heterocycles. The van der Waals surface area contributed by atoms with E-state index in [9.17, 15) is 19.2 Å². The second-order valence-corrected chi connectivity index (χ2v) is 5.24. The van der Waals surface area contributed by atoms with Crippen molar-refractivity contribution < 1.29 is 23.9 Å². The highest BCUT2D eigenvalue weighted by Gasteiger charge is 2.45. The molecule has 2 aliphatic heterocycles. The van der Waals surface area contributed by atoms with Gasteiger partial charge < -0.3 is 9.64 Å². The zero-order chi connectivity index (χ0) is 17.3. The molecule has 3 rings (SSSR count). The van der Waals surface area contributed by atoms with Crippen LogP contribution >= 0.6 is 0 Å². The van der Waals surface area contributed by atoms with Crippen molar-refractivity contribution in [2.75, 3.05) is 31.1 Å². The van der Waals surface area contributed by atoms with Crippen LogP contribution < -0.4 is 9.64 Å². The normalized spacial score (nSPS) is 17.0. The maximum Gasteiger partial charge on any atom is 0.335 e. The Labute approximate surface area is 137 Å². The summed E-state index contributed by atoms with van der Waals surface area (Å²) in [5, 5.41) is 0. The fourth-order valence-corrected chi connectivity index (χ4v) is 2.63. The van der Waals surface area contributed by atoms with Gasteiger partial charge in [0, 0.05) is 6.54 Å². The minimum absolute atomic E-state index is 0.0749. The Bertz CT molecular complexity index is 745. The Kier molecular flexibility index (Phi) is 4.03. The first kappa shape index (κ1) is 15.7. The zero-order valence-electron chi connectivity index (χ0n) is 12.8. The summed E-state index contributed by atoms with van der Waals surface area (Å²) in [4.78, 5) is 51.3. The number of ether oxygens (including phenoxy) is 1. The van der Waals surface area contributed by atoms with Gasteiger partial charge in [0.15, 0.2) is 0 Å². The first-order valence-electron chi connectivity index (χ1n) is 7.35. The molecule has 0 aliphatic carbocycles. The molecular weight excluding hydrogens is 314 g/mol. The summed E-state index contributed by atoms with van der Waals surface area (Å²) in [6.45, 7) is 3.48. The highest BCUT2D eigenvalue weighted by atomic mass is 16.5. The Hall–Kier alpha value is -3.16. The van der Waals surface area contributed by atoms with Crippen LogP contribution in [0.2, 0.25) is 0 Å². The van der Waals surface area contributed by atoms with Crippen molar-refractivity contribution in [1.29, 1.82) is 0 Å². The van der Waals surface area contributed by atoms with E-state index in [-0.39, 0.29) is 6.54 Å². The van der Waals surface area contributed by atoms with E-state index >= 15 is 0 Å². The maximum absolute atomic E-state index is 12.6. The van der Waals surface area contributed by atoms with Gasteiger partial charge in [-0.3, -0.25) is 19.3 Å². The largest absolute Gasteiger partial charge is 0.490 e. The quantitative estimate of drug-likeness (QED) is 0.453. The van der Waals surface area contributed by atoms with Crippen molar-refractivity contribution >= 4 is 29.4 Å². The summed E-state index contributed by atoms with van der Waals surface area (Å²) in [7, 11) is 0. The fourth-order valence-electron chi connectivity index (χ4n) is 2.63. The van der Waals surface area contributed by atoms with Crippen molar-refractivity contribution in [2.24, 2.45) is 0 Å². The van der Waals surface area contributed by atoms with Gasteiger partial charge in [-0.05, 0) is 12.1 Å². The molecule has 0 saturated carbocycles. The maximum atomic E-state index is 12.6. The van der Waals surface area contributed by atoms with Crippen molar-refractivity contribution in [3.05, 3.63) is 36.9 Å². The number of fused-ring (bicyclic) bond motifs is 1. The molecule has 0 bridgehead atoms. The van der Waals surface area contributed by atoms with Crippen LogP contribution in [0.15, 0.2) is 36.9 Å². The van der Waals surface area contributed by atoms with Gasteiger partial charge in [0.25, 0.3) is 0 Å². The molecule has 24 heavy (non-hydrogen) atoms. The molecule has 2 aliphatic rings. The van der Waals surface area contributed by atoms with Gasteiger partial charge in [-0.15, -0.1) is 6.58 Å². The Morgan fingerprint density at radius 2 is 1.88 bits per heavy atom. The highest BCUT2D eigenvalue weighted by molar-refractivity contribution is 6.45. The Morgan fingerprint density at radius 3 is 2.62 bits per heavy atom. The number of nitrogens with zero attached hydrogens (tertiary/aromatic N) is 3. The first-order valence-corrected chi connectivity index (χ1v) is 7.35. The zero-order valence-corrected chi connectivity index (χ0v) is 12.8. The third kappa shape index (κ3) is 2.51. The van der Waals surface area contributed by atoms with Gasteiger partial charge in [-0.2, -0.15) is 0 Å². The van der Waals surface area contributed by atoms with Crippen molar-refractivity contribution in [2.45, 2.75) is 0 Å². The number of amides is 5. The van der Waals surface area contributed by atoms with Crippen LogP contribution in [0.4, 0.5) is 10.5 Å². The number of carbonyl (C=O) groups excluding carboxylic acids is 4. The predicted octanol–water partition coefficient (Wildman–Crippen LogP) is 0.389. The lowest BCUT2D eigenvalue weighted by Crippen LogP contribution is -2.46. The lowest BCUT2D eigenvalue weighted by atomic mass is 10.2. The number of anilines is 1. The summed E-state index contributed by atoms with van der Waals surface area (Å²) >= 11 is 0. The summed E-state index contributed by atoms with van der Waals surface area (Å²) < 4.78 is 5.47. The van der Waals surface area contributed by atoms with Crippen molar-refractivity contribution in [3.63, 3.8) is 0 Å². The number of carbonyl (C=O) groups is 4. The standard InChI is InChI=1S/C16H15N3O5/c1-2-7-18-14(21)15(22)19(16(18)23)10-13(20)17-8-9-24-12-6-4-3-5-11(12)17/h2-6H,1,7-10H2. The third-order valence-corrected chi connectivity index (χ3v) is 3.77. The lowest BCUT2D eigenvalue weighted by Gasteiger charge is -2.30. The molecule has 0 unspecified atom stereocenters. The topological polar surface area (TPSA) is 87.2 Å². The molecule has 124 valence electrons. The minimum atomic E-state index is -1.00. The number of urea groups is 1. The smallest absolute Gasteiger partial charge is 0.335 e. The van der Waals surface area contributed by atoms with Gasteiger partial charge in [-0.1, -0.05) is 18.2 Å². The van der Waals surface area contributed by atoms with E-state index in [1.807, 2.05) is 0 Å². The molecule has 1 aromatic carbocycles. The molecule has 1 aromatic rings. The second kappa shape index (κ2) is 6.15. The number of hydrogen-bond acceptors (Lipinski definition) is 5. The van der Waals surface area contributed by atoms with Crippen LogP contribution in [0.1, 0.15) is 0 Å². The van der Waals surface area contributed by atoms with Crippen LogP contribution in [0, 0.1) is 0 Å². The van der Waals surface area contributed by atoms with Crippen molar-refractivity contribution in [1.82, 2.24) is 9.80 Å². The van der Waals surface area contributed by atoms with Gasteiger partial charge in [0.1, 0.15) is 18.9 Å². The molecule has 1 fully saturated rings. The van der Waals surface area contributed by atoms with E-state index in [2.05, 4.69) is 6.58 Å². The Morgan fingerprint density at radius 1 is 1.17 bits per heavy atom. The molecule has 5 amide bonds. The average Bonchev–Trinajstić information content (AvgIpc) is 2.79. The molecular formula is C16H15N3O5. The SMILES string of the molecule is C=CCN1C(=O)C(=O)N(CC(=O)N2CCOc3ccccc32)C1=O. The number of hydrogen-bond donors (Lipinski definition) is 0. The van der Waals surface area contributed by atoms with Gasteiger partial charge in [-0.25, -0.2) is 9.69 Å². The first-order chi connectivity index (χ1) is 11.5. The predicted molar refractivity (Wildman–Crippen MR) is 83.3 cm³/mol. The van der Waals surface area contributed by atoms with Crippen molar-refractivity contribution in [3.8, 4) is 5.75 Å². The van der Waals surface area contributed by atoms with Crippen LogP contribution in [-0.4, -0.2) is 59.8 Å². The molecule has 0 radical (unpaired) electrons. The molecule has 2 heterocycles. The van der Waals surface area contributed by atoms with Gasteiger partial charge in [0.2, 0.25) is 5.91 Å². The molecule has 8 nitrogen and oxygen atoms in total. The lowest BCUT2D eigenvalue weighted by molar-refractivity contribution is -0.143. The number of imide groups is 2. The summed E-state index contributed by atoms with van der Waals surface area (Å²) in [5.74, 6) is -1.85. The van der Waals surface area contributed by atoms with E-state index in [1.165, 1.54) is 11.0 Å². The number of para-hydroxylation sites is 2. The highest BCUT2D eigenvalue weighted by Crippen LogP contribution is 2.31. The van der Waals surface area contributed by atoms with Crippen LogP contribution in [0.25, 0.3) is 0 Å². The van der Waals surface area contributed by atoms with Gasteiger partial charge in [0.05, 0.1) is 12.2 Å². The fraction of sp³-hybridized carbons (Fsp3) is 0.250. The summed E-state index contributed by atoms with van der Waals surface area (Å²) in [5.41, 5.74) is 0.571. The number of benzene rings is 1. The number of rotatable bonds is 4. The van der Waals surface area contributed by atoms with Crippen LogP contribution in [-0.2, 0) is 14.4 Å². The monoisotopic (exact) mass is 329 g/mol.